The Morgan fingerprint density at radius 3 is 2.59 bits per heavy atom. The van der Waals surface area contributed by atoms with Gasteiger partial charge in [0.05, 0.1) is 0 Å². The highest BCUT2D eigenvalue weighted by molar-refractivity contribution is 8.13. The van der Waals surface area contributed by atoms with Gasteiger partial charge in [0.25, 0.3) is 0 Å². The van der Waals surface area contributed by atoms with E-state index in [1.807, 2.05) is 42.5 Å². The van der Waals surface area contributed by atoms with Crippen molar-refractivity contribution in [2.75, 3.05) is 5.75 Å². The number of rotatable bonds is 4. The number of allylic oxidation sites excluding steroid dienone is 1. The summed E-state index contributed by atoms with van der Waals surface area (Å²) in [5, 5.41) is 6.01. The first-order chi connectivity index (χ1) is 14.2. The average molecular weight is 441 g/mol. The van der Waals surface area contributed by atoms with E-state index in [1.54, 1.807) is 11.8 Å². The van der Waals surface area contributed by atoms with Gasteiger partial charge in [-0.05, 0) is 59.7 Å². The summed E-state index contributed by atoms with van der Waals surface area (Å²) in [6.45, 7) is 3.84. The van der Waals surface area contributed by atoms with Crippen molar-refractivity contribution >= 4 is 46.2 Å². The number of nitrogens with one attached hydrogen (secondary N) is 1. The summed E-state index contributed by atoms with van der Waals surface area (Å²) in [6.07, 6.45) is 7.19. The molecule has 2 aromatic rings. The molecule has 1 heterocycles. The molecule has 1 unspecified atom stereocenters. The van der Waals surface area contributed by atoms with Gasteiger partial charge in [0.1, 0.15) is 6.04 Å². The number of benzene rings is 2. The number of amidine groups is 1. The maximum atomic E-state index is 6.56. The van der Waals surface area contributed by atoms with Gasteiger partial charge in [-0.25, -0.2) is 4.99 Å². The molecule has 4 rings (SSSR count). The fourth-order valence-electron chi connectivity index (χ4n) is 3.78. The van der Waals surface area contributed by atoms with Crippen LogP contribution in [0.15, 0.2) is 83.0 Å². The smallest absolute Gasteiger partial charge is 0.162 e. The molecule has 0 saturated heterocycles. The van der Waals surface area contributed by atoms with Gasteiger partial charge in [-0.2, -0.15) is 0 Å². The van der Waals surface area contributed by atoms with Gasteiger partial charge in [0.2, 0.25) is 0 Å². The first-order valence-corrected chi connectivity index (χ1v) is 11.4. The van der Waals surface area contributed by atoms with Crippen LogP contribution in [0.3, 0.4) is 0 Å². The van der Waals surface area contributed by atoms with Gasteiger partial charge in [-0.1, -0.05) is 77.4 Å². The molecule has 0 aromatic heterocycles. The monoisotopic (exact) mass is 440 g/mol. The summed E-state index contributed by atoms with van der Waals surface area (Å²) >= 11 is 14.6. The number of halogens is 2. The highest BCUT2D eigenvalue weighted by Gasteiger charge is 2.30. The fraction of sp³-hybridized carbons (Fsp3) is 0.208. The second-order valence-corrected chi connectivity index (χ2v) is 8.85. The van der Waals surface area contributed by atoms with Gasteiger partial charge in [0, 0.05) is 21.5 Å². The number of hydrogen-bond donors (Lipinski definition) is 1. The zero-order valence-corrected chi connectivity index (χ0v) is 18.3. The van der Waals surface area contributed by atoms with E-state index in [0.29, 0.717) is 0 Å². The Labute approximate surface area is 186 Å². The Balaban J connectivity index is 1.80. The molecule has 0 spiro atoms. The predicted molar refractivity (Wildman–Crippen MR) is 128 cm³/mol. The molecule has 0 saturated carbocycles. The molecule has 2 nitrogen and oxygen atoms in total. The lowest BCUT2D eigenvalue weighted by atomic mass is 9.84. The zero-order chi connectivity index (χ0) is 20.2. The van der Waals surface area contributed by atoms with Crippen molar-refractivity contribution in [3.8, 4) is 0 Å². The third kappa shape index (κ3) is 4.48. The van der Waals surface area contributed by atoms with Crippen molar-refractivity contribution in [3.05, 3.63) is 99.2 Å². The topological polar surface area (TPSA) is 24.4 Å². The molecule has 1 aliphatic carbocycles. The highest BCUT2D eigenvalue weighted by Crippen LogP contribution is 2.43. The molecule has 2 aromatic carbocycles. The molecular weight excluding hydrogens is 419 g/mol. The standard InChI is InChI=1S/C24H22Cl2N2S/c1-2-14-29-24-27-22-17(15-16-8-3-5-12-20(16)25)9-7-11-19(22)23(28-24)18-10-4-6-13-21(18)26/h2-6,8,10,12-13,15,23H,1,7,9,11,14H2,(H,27,28). The van der Waals surface area contributed by atoms with Crippen LogP contribution in [0, 0.1) is 0 Å². The van der Waals surface area contributed by atoms with E-state index in [9.17, 15) is 0 Å². The molecule has 0 fully saturated rings. The number of thioether (sulfide) groups is 1. The fourth-order valence-corrected chi connectivity index (χ4v) is 4.84. The maximum Gasteiger partial charge on any atom is 0.162 e. The SMILES string of the molecule is C=CCSC1=NC(c2ccccc2Cl)C2=C(N1)C(=Cc1ccccc1Cl)CCC2. The zero-order valence-electron chi connectivity index (χ0n) is 16.0. The molecule has 0 bridgehead atoms. The van der Waals surface area contributed by atoms with Gasteiger partial charge in [-0.3, -0.25) is 0 Å². The van der Waals surface area contributed by atoms with Crippen LogP contribution >= 0.6 is 35.0 Å². The number of nitrogens with zero attached hydrogens (tertiary/aromatic N) is 1. The molecule has 148 valence electrons. The normalized spacial score (nSPS) is 20.1. The Morgan fingerprint density at radius 1 is 1.07 bits per heavy atom. The average Bonchev–Trinajstić information content (AvgIpc) is 2.74. The van der Waals surface area contributed by atoms with Crippen LogP contribution in [0.25, 0.3) is 6.08 Å². The van der Waals surface area contributed by atoms with Crippen LogP contribution in [-0.4, -0.2) is 10.9 Å². The van der Waals surface area contributed by atoms with Gasteiger partial charge in [0.15, 0.2) is 5.17 Å². The number of aliphatic imine (C=N–C) groups is 1. The number of hydrogen-bond acceptors (Lipinski definition) is 3. The van der Waals surface area contributed by atoms with Crippen molar-refractivity contribution in [1.82, 2.24) is 5.32 Å². The Hall–Kier alpha value is -1.94. The van der Waals surface area contributed by atoms with E-state index < -0.39 is 0 Å². The van der Waals surface area contributed by atoms with Crippen molar-refractivity contribution in [2.24, 2.45) is 4.99 Å². The quantitative estimate of drug-likeness (QED) is 0.499. The van der Waals surface area contributed by atoms with Crippen LogP contribution in [-0.2, 0) is 0 Å². The first-order valence-electron chi connectivity index (χ1n) is 9.69. The van der Waals surface area contributed by atoms with E-state index in [-0.39, 0.29) is 6.04 Å². The largest absolute Gasteiger partial charge is 0.335 e. The van der Waals surface area contributed by atoms with E-state index >= 15 is 0 Å². The Bertz CT molecular complexity index is 1020. The molecule has 1 atom stereocenters. The molecule has 1 aliphatic heterocycles. The van der Waals surface area contributed by atoms with Gasteiger partial charge < -0.3 is 5.32 Å². The van der Waals surface area contributed by atoms with E-state index in [1.165, 1.54) is 16.8 Å². The van der Waals surface area contributed by atoms with Crippen molar-refractivity contribution in [2.45, 2.75) is 25.3 Å². The third-order valence-corrected chi connectivity index (χ3v) is 6.69. The minimum absolute atomic E-state index is 0.0674. The van der Waals surface area contributed by atoms with Gasteiger partial charge >= 0.3 is 0 Å². The van der Waals surface area contributed by atoms with Crippen LogP contribution in [0.4, 0.5) is 0 Å². The maximum absolute atomic E-state index is 6.56. The van der Waals surface area contributed by atoms with Crippen LogP contribution in [0.1, 0.15) is 36.4 Å². The first kappa shape index (κ1) is 20.3. The second kappa shape index (κ2) is 9.25. The lowest BCUT2D eigenvalue weighted by Gasteiger charge is -2.33. The van der Waals surface area contributed by atoms with Crippen molar-refractivity contribution in [3.63, 3.8) is 0 Å². The summed E-state index contributed by atoms with van der Waals surface area (Å²) < 4.78 is 0. The van der Waals surface area contributed by atoms with E-state index in [4.69, 9.17) is 28.2 Å². The summed E-state index contributed by atoms with van der Waals surface area (Å²) in [5.74, 6) is 0.799. The highest BCUT2D eigenvalue weighted by atomic mass is 35.5. The van der Waals surface area contributed by atoms with Gasteiger partial charge in [-0.15, -0.1) is 6.58 Å². The molecular formula is C24H22Cl2N2S. The third-order valence-electron chi connectivity index (χ3n) is 5.12. The summed E-state index contributed by atoms with van der Waals surface area (Å²) in [7, 11) is 0. The minimum atomic E-state index is -0.0674. The van der Waals surface area contributed by atoms with E-state index in [2.05, 4.69) is 30.1 Å². The molecule has 2 aliphatic rings. The van der Waals surface area contributed by atoms with Crippen molar-refractivity contribution in [1.29, 1.82) is 0 Å². The van der Waals surface area contributed by atoms with E-state index in [0.717, 1.165) is 51.4 Å². The summed E-state index contributed by atoms with van der Waals surface area (Å²) in [4.78, 5) is 5.02. The summed E-state index contributed by atoms with van der Waals surface area (Å²) in [6, 6.07) is 15.9. The van der Waals surface area contributed by atoms with Crippen molar-refractivity contribution < 1.29 is 0 Å². The minimum Gasteiger partial charge on any atom is -0.335 e. The summed E-state index contributed by atoms with van der Waals surface area (Å²) in [5.41, 5.74) is 5.83. The Morgan fingerprint density at radius 2 is 1.83 bits per heavy atom. The molecule has 5 heteroatoms. The Kier molecular flexibility index (Phi) is 6.49. The lowest BCUT2D eigenvalue weighted by molar-refractivity contribution is 0.660. The van der Waals surface area contributed by atoms with Crippen LogP contribution in [0.5, 0.6) is 0 Å². The molecule has 29 heavy (non-hydrogen) atoms. The second-order valence-electron chi connectivity index (χ2n) is 7.03. The van der Waals surface area contributed by atoms with Crippen LogP contribution in [0.2, 0.25) is 10.0 Å². The van der Waals surface area contributed by atoms with Crippen LogP contribution < -0.4 is 5.32 Å². The lowest BCUT2D eigenvalue weighted by Crippen LogP contribution is -2.31. The molecule has 0 radical (unpaired) electrons. The predicted octanol–water partition coefficient (Wildman–Crippen LogP) is 7.43. The molecule has 0 amide bonds. The molecule has 1 N–H and O–H groups in total.